The van der Waals surface area contributed by atoms with Crippen LogP contribution in [0, 0.1) is 0 Å². The minimum absolute atomic E-state index is 0.0411. The highest BCUT2D eigenvalue weighted by Crippen LogP contribution is 2.49. The number of aliphatic hydroxyl groups is 1. The largest absolute Gasteiger partial charge is 0.481 e. The molecule has 0 bridgehead atoms. The van der Waals surface area contributed by atoms with Gasteiger partial charge in [-0.3, -0.25) is 4.79 Å². The van der Waals surface area contributed by atoms with Crippen LogP contribution in [0.5, 0.6) is 11.8 Å². The van der Waals surface area contributed by atoms with E-state index in [1.165, 1.54) is 34.4 Å². The molecule has 1 aliphatic rings. The maximum absolute atomic E-state index is 15.4. The molecule has 1 aliphatic carbocycles. The average Bonchev–Trinajstić information content (AvgIpc) is 2.83. The predicted octanol–water partition coefficient (Wildman–Crippen LogP) is 0.662. The SMILES string of the molecule is COc1cc(OC)nc(C2(O)CCCC2(F)C(=O)N(C)C)n1. The van der Waals surface area contributed by atoms with Crippen LogP contribution in [0.15, 0.2) is 6.07 Å². The molecule has 8 heteroatoms. The van der Waals surface area contributed by atoms with Crippen molar-refractivity contribution in [3.8, 4) is 11.8 Å². The molecular weight excluding hydrogens is 293 g/mol. The van der Waals surface area contributed by atoms with Crippen molar-refractivity contribution in [1.82, 2.24) is 14.9 Å². The summed E-state index contributed by atoms with van der Waals surface area (Å²) >= 11 is 0. The highest BCUT2D eigenvalue weighted by atomic mass is 19.1. The number of nitrogens with zero attached hydrogens (tertiary/aromatic N) is 3. The maximum atomic E-state index is 15.4. The molecule has 0 saturated heterocycles. The molecule has 0 radical (unpaired) electrons. The second kappa shape index (κ2) is 5.68. The second-order valence-corrected chi connectivity index (χ2v) is 5.49. The lowest BCUT2D eigenvalue weighted by molar-refractivity contribution is -0.162. The van der Waals surface area contributed by atoms with Gasteiger partial charge in [0.15, 0.2) is 11.4 Å². The van der Waals surface area contributed by atoms with Crippen molar-refractivity contribution in [1.29, 1.82) is 0 Å². The molecular formula is C14H20FN3O4. The van der Waals surface area contributed by atoms with Crippen LogP contribution < -0.4 is 9.47 Å². The summed E-state index contributed by atoms with van der Waals surface area (Å²) in [6.45, 7) is 0. The third-order valence-corrected chi connectivity index (χ3v) is 3.93. The van der Waals surface area contributed by atoms with Gasteiger partial charge in [0.2, 0.25) is 17.4 Å². The van der Waals surface area contributed by atoms with Crippen molar-refractivity contribution in [2.45, 2.75) is 30.5 Å². The van der Waals surface area contributed by atoms with Gasteiger partial charge in [0, 0.05) is 14.1 Å². The number of halogens is 1. The lowest BCUT2D eigenvalue weighted by atomic mass is 9.85. The number of hydrogen-bond donors (Lipinski definition) is 1. The van der Waals surface area contributed by atoms with Crippen LogP contribution in [0.3, 0.4) is 0 Å². The molecule has 7 nitrogen and oxygen atoms in total. The minimum Gasteiger partial charge on any atom is -0.481 e. The van der Waals surface area contributed by atoms with Crippen molar-refractivity contribution in [3.63, 3.8) is 0 Å². The van der Waals surface area contributed by atoms with Gasteiger partial charge in [-0.05, 0) is 19.3 Å². The van der Waals surface area contributed by atoms with Gasteiger partial charge in [-0.25, -0.2) is 4.39 Å². The Labute approximate surface area is 128 Å². The number of ether oxygens (including phenoxy) is 2. The fourth-order valence-corrected chi connectivity index (χ4v) is 2.72. The number of carbonyl (C=O) groups excluding carboxylic acids is 1. The second-order valence-electron chi connectivity index (χ2n) is 5.49. The van der Waals surface area contributed by atoms with E-state index in [9.17, 15) is 9.90 Å². The van der Waals surface area contributed by atoms with E-state index in [2.05, 4.69) is 9.97 Å². The normalized spacial score (nSPS) is 27.5. The van der Waals surface area contributed by atoms with Crippen molar-refractivity contribution in [2.24, 2.45) is 0 Å². The zero-order valence-corrected chi connectivity index (χ0v) is 13.1. The number of methoxy groups -OCH3 is 2. The molecule has 1 aromatic rings. The number of carbonyl (C=O) groups is 1. The van der Waals surface area contributed by atoms with Gasteiger partial charge in [0.1, 0.15) is 0 Å². The van der Waals surface area contributed by atoms with Crippen LogP contribution >= 0.6 is 0 Å². The Balaban J connectivity index is 2.55. The van der Waals surface area contributed by atoms with Gasteiger partial charge < -0.3 is 19.5 Å². The van der Waals surface area contributed by atoms with E-state index in [0.717, 1.165) is 4.90 Å². The lowest BCUT2D eigenvalue weighted by Gasteiger charge is -2.35. The van der Waals surface area contributed by atoms with E-state index in [1.54, 1.807) is 0 Å². The quantitative estimate of drug-likeness (QED) is 0.879. The van der Waals surface area contributed by atoms with Crippen molar-refractivity contribution in [3.05, 3.63) is 11.9 Å². The van der Waals surface area contributed by atoms with E-state index < -0.39 is 17.2 Å². The highest BCUT2D eigenvalue weighted by Gasteiger charge is 2.63. The molecule has 0 aliphatic heterocycles. The van der Waals surface area contributed by atoms with Gasteiger partial charge in [-0.1, -0.05) is 0 Å². The van der Waals surface area contributed by atoms with Crippen LogP contribution in [-0.4, -0.2) is 59.9 Å². The standard InChI is InChI=1S/C14H20FN3O4/c1-18(2)12(19)13(15)6-5-7-14(13,20)11-16-9(21-3)8-10(17-11)22-4/h8,20H,5-7H2,1-4H3. The summed E-state index contributed by atoms with van der Waals surface area (Å²) in [7, 11) is 5.65. The van der Waals surface area contributed by atoms with E-state index in [0.29, 0.717) is 6.42 Å². The number of amides is 1. The monoisotopic (exact) mass is 313 g/mol. The Bertz CT molecular complexity index is 561. The first-order valence-electron chi connectivity index (χ1n) is 6.89. The van der Waals surface area contributed by atoms with Gasteiger partial charge in [-0.2, -0.15) is 9.97 Å². The molecule has 2 atom stereocenters. The predicted molar refractivity (Wildman–Crippen MR) is 75.4 cm³/mol. The van der Waals surface area contributed by atoms with Crippen LogP contribution in [0.4, 0.5) is 4.39 Å². The number of rotatable bonds is 4. The van der Waals surface area contributed by atoms with Crippen molar-refractivity contribution < 1.29 is 23.8 Å². The summed E-state index contributed by atoms with van der Waals surface area (Å²) in [6, 6.07) is 1.41. The maximum Gasteiger partial charge on any atom is 0.263 e. The Kier molecular flexibility index (Phi) is 4.23. The Hall–Kier alpha value is -1.96. The van der Waals surface area contributed by atoms with E-state index in [4.69, 9.17) is 9.47 Å². The van der Waals surface area contributed by atoms with Gasteiger partial charge in [0.05, 0.1) is 20.3 Å². The molecule has 0 aromatic carbocycles. The molecule has 22 heavy (non-hydrogen) atoms. The minimum atomic E-state index is -2.48. The molecule has 0 spiro atoms. The smallest absolute Gasteiger partial charge is 0.263 e. The zero-order chi connectivity index (χ0) is 16.5. The molecule has 1 aromatic heterocycles. The van der Waals surface area contributed by atoms with Crippen molar-refractivity contribution >= 4 is 5.91 Å². The van der Waals surface area contributed by atoms with E-state index in [-0.39, 0.29) is 30.4 Å². The third kappa shape index (κ3) is 2.37. The summed E-state index contributed by atoms with van der Waals surface area (Å²) in [6.07, 6.45) is 0.290. The summed E-state index contributed by atoms with van der Waals surface area (Å²) in [5.41, 5.74) is -4.59. The van der Waals surface area contributed by atoms with Crippen LogP contribution in [0.25, 0.3) is 0 Å². The summed E-state index contributed by atoms with van der Waals surface area (Å²) in [5.74, 6) is -0.763. The van der Waals surface area contributed by atoms with Gasteiger partial charge >= 0.3 is 0 Å². The van der Waals surface area contributed by atoms with Crippen LogP contribution in [-0.2, 0) is 10.4 Å². The molecule has 122 valence electrons. The lowest BCUT2D eigenvalue weighted by Crippen LogP contribution is -2.55. The van der Waals surface area contributed by atoms with Crippen LogP contribution in [0.1, 0.15) is 25.1 Å². The first-order chi connectivity index (χ1) is 10.3. The van der Waals surface area contributed by atoms with Gasteiger partial charge in [0.25, 0.3) is 5.91 Å². The fourth-order valence-electron chi connectivity index (χ4n) is 2.72. The number of hydrogen-bond acceptors (Lipinski definition) is 6. The summed E-state index contributed by atoms with van der Waals surface area (Å²) in [5, 5.41) is 10.9. The first-order valence-corrected chi connectivity index (χ1v) is 6.89. The van der Waals surface area contributed by atoms with Gasteiger partial charge in [-0.15, -0.1) is 0 Å². The molecule has 1 N–H and O–H groups in total. The number of aromatic nitrogens is 2. The Morgan fingerprint density at radius 3 is 2.27 bits per heavy atom. The average molecular weight is 313 g/mol. The first kappa shape index (κ1) is 16.4. The van der Waals surface area contributed by atoms with Crippen LogP contribution in [0.2, 0.25) is 0 Å². The molecule has 2 rings (SSSR count). The van der Waals surface area contributed by atoms with Crippen molar-refractivity contribution in [2.75, 3.05) is 28.3 Å². The number of alkyl halides is 1. The Morgan fingerprint density at radius 1 is 1.27 bits per heavy atom. The van der Waals surface area contributed by atoms with E-state index >= 15 is 4.39 Å². The third-order valence-electron chi connectivity index (χ3n) is 3.93. The molecule has 1 heterocycles. The molecule has 1 amide bonds. The highest BCUT2D eigenvalue weighted by molar-refractivity contribution is 5.86. The summed E-state index contributed by atoms with van der Waals surface area (Å²) < 4.78 is 25.4. The molecule has 2 unspecified atom stereocenters. The zero-order valence-electron chi connectivity index (χ0n) is 13.1. The topological polar surface area (TPSA) is 84.8 Å². The fraction of sp³-hybridized carbons (Fsp3) is 0.643. The molecule has 1 fully saturated rings. The summed E-state index contributed by atoms with van der Waals surface area (Å²) in [4.78, 5) is 21.4. The molecule has 1 saturated carbocycles. The Morgan fingerprint density at radius 2 is 1.82 bits per heavy atom. The van der Waals surface area contributed by atoms with E-state index in [1.807, 2.05) is 0 Å².